The smallest absolute Gasteiger partial charge is 0.230 e. The average Bonchev–Trinajstić information content (AvgIpc) is 3.01. The first-order chi connectivity index (χ1) is 13.0. The van der Waals surface area contributed by atoms with Gasteiger partial charge >= 0.3 is 0 Å². The second-order valence-electron chi connectivity index (χ2n) is 6.13. The third-order valence-corrected chi connectivity index (χ3v) is 5.39. The zero-order valence-corrected chi connectivity index (χ0v) is 16.7. The van der Waals surface area contributed by atoms with Crippen LogP contribution in [0.2, 0.25) is 0 Å². The molecule has 1 atom stereocenters. The Morgan fingerprint density at radius 1 is 1.22 bits per heavy atom. The van der Waals surface area contributed by atoms with Crippen molar-refractivity contribution in [3.8, 4) is 11.5 Å². The Morgan fingerprint density at radius 2 is 2.00 bits per heavy atom. The molecule has 0 saturated heterocycles. The lowest BCUT2D eigenvalue weighted by molar-refractivity contribution is -0.119. The maximum atomic E-state index is 12.4. The van der Waals surface area contributed by atoms with Gasteiger partial charge in [-0.2, -0.15) is 0 Å². The van der Waals surface area contributed by atoms with Crippen LogP contribution in [0.15, 0.2) is 47.6 Å². The Kier molecular flexibility index (Phi) is 5.91. The van der Waals surface area contributed by atoms with Gasteiger partial charge in [0.25, 0.3) is 0 Å². The van der Waals surface area contributed by atoms with E-state index in [4.69, 9.17) is 9.47 Å². The molecule has 27 heavy (non-hydrogen) atoms. The Labute approximate surface area is 162 Å². The molecule has 1 amide bonds. The topological polar surface area (TPSA) is 65.4 Å². The van der Waals surface area contributed by atoms with Crippen molar-refractivity contribution in [1.29, 1.82) is 0 Å². The van der Waals surface area contributed by atoms with Crippen LogP contribution in [0.3, 0.4) is 0 Å². The summed E-state index contributed by atoms with van der Waals surface area (Å²) in [7, 11) is 5.18. The Bertz CT molecular complexity index is 955. The number of hydrogen-bond donors (Lipinski definition) is 1. The van der Waals surface area contributed by atoms with Crippen molar-refractivity contribution in [2.75, 3.05) is 20.0 Å². The van der Waals surface area contributed by atoms with Gasteiger partial charge in [-0.25, -0.2) is 4.98 Å². The molecule has 0 saturated carbocycles. The molecule has 0 spiro atoms. The van der Waals surface area contributed by atoms with Crippen LogP contribution >= 0.6 is 11.8 Å². The molecule has 2 aromatic carbocycles. The van der Waals surface area contributed by atoms with Crippen LogP contribution in [0.1, 0.15) is 18.5 Å². The third-order valence-electron chi connectivity index (χ3n) is 4.36. The molecule has 0 aliphatic heterocycles. The number of methoxy groups -OCH3 is 2. The Balaban J connectivity index is 1.66. The summed E-state index contributed by atoms with van der Waals surface area (Å²) in [5, 5.41) is 3.83. The molecule has 7 heteroatoms. The van der Waals surface area contributed by atoms with E-state index >= 15 is 0 Å². The standard InChI is InChI=1S/C20H23N3O3S/c1-13(15-11-14(25-3)9-10-18(15)26-4)21-19(24)12-27-20-22-16-7-5-6-8-17(16)23(20)2/h5-11,13H,12H2,1-4H3,(H,21,24). The predicted molar refractivity (Wildman–Crippen MR) is 108 cm³/mol. The number of fused-ring (bicyclic) bond motifs is 1. The number of nitrogens with one attached hydrogen (secondary N) is 1. The summed E-state index contributed by atoms with van der Waals surface area (Å²) in [6.07, 6.45) is 0. The summed E-state index contributed by atoms with van der Waals surface area (Å²) < 4.78 is 12.7. The van der Waals surface area contributed by atoms with Gasteiger partial charge in [0, 0.05) is 12.6 Å². The predicted octanol–water partition coefficient (Wildman–Crippen LogP) is 3.56. The highest BCUT2D eigenvalue weighted by molar-refractivity contribution is 7.99. The van der Waals surface area contributed by atoms with Crippen LogP contribution < -0.4 is 14.8 Å². The number of nitrogens with zero attached hydrogens (tertiary/aromatic N) is 2. The molecule has 0 aliphatic rings. The number of hydrogen-bond acceptors (Lipinski definition) is 5. The number of thioether (sulfide) groups is 1. The molecule has 0 fully saturated rings. The van der Waals surface area contributed by atoms with Gasteiger partial charge in [0.15, 0.2) is 5.16 Å². The lowest BCUT2D eigenvalue weighted by Crippen LogP contribution is -2.28. The molecular formula is C20H23N3O3S. The molecule has 3 aromatic rings. The van der Waals surface area contributed by atoms with Gasteiger partial charge in [0.2, 0.25) is 5.91 Å². The summed E-state index contributed by atoms with van der Waals surface area (Å²) in [5.74, 6) is 1.66. The molecule has 6 nitrogen and oxygen atoms in total. The number of rotatable bonds is 7. The van der Waals surface area contributed by atoms with Crippen molar-refractivity contribution >= 4 is 28.7 Å². The maximum absolute atomic E-state index is 12.4. The van der Waals surface area contributed by atoms with Gasteiger partial charge in [-0.05, 0) is 37.3 Å². The maximum Gasteiger partial charge on any atom is 0.230 e. The van der Waals surface area contributed by atoms with Gasteiger partial charge in [0.1, 0.15) is 11.5 Å². The molecule has 0 bridgehead atoms. The molecule has 1 aromatic heterocycles. The van der Waals surface area contributed by atoms with Crippen molar-refractivity contribution in [2.45, 2.75) is 18.1 Å². The highest BCUT2D eigenvalue weighted by Gasteiger charge is 2.16. The van der Waals surface area contributed by atoms with E-state index in [0.29, 0.717) is 5.75 Å². The molecule has 142 valence electrons. The van der Waals surface area contributed by atoms with E-state index in [1.807, 2.05) is 61.0 Å². The van der Waals surface area contributed by atoms with Crippen LogP contribution in [0, 0.1) is 0 Å². The number of amides is 1. The van der Waals surface area contributed by atoms with Crippen LogP contribution in [0.5, 0.6) is 11.5 Å². The fourth-order valence-electron chi connectivity index (χ4n) is 2.92. The molecule has 1 unspecified atom stereocenters. The van der Waals surface area contributed by atoms with E-state index in [9.17, 15) is 4.79 Å². The second-order valence-corrected chi connectivity index (χ2v) is 7.07. The Morgan fingerprint density at radius 3 is 2.70 bits per heavy atom. The largest absolute Gasteiger partial charge is 0.497 e. The summed E-state index contributed by atoms with van der Waals surface area (Å²) in [6.45, 7) is 1.93. The van der Waals surface area contributed by atoms with Crippen LogP contribution in [0.4, 0.5) is 0 Å². The lowest BCUT2D eigenvalue weighted by Gasteiger charge is -2.18. The van der Waals surface area contributed by atoms with Crippen molar-refractivity contribution in [3.05, 3.63) is 48.0 Å². The number of carbonyl (C=O) groups is 1. The number of para-hydroxylation sites is 2. The number of carbonyl (C=O) groups excluding carboxylic acids is 1. The fourth-order valence-corrected chi connectivity index (χ4v) is 3.72. The van der Waals surface area contributed by atoms with Crippen LogP contribution in [0.25, 0.3) is 11.0 Å². The van der Waals surface area contributed by atoms with E-state index in [0.717, 1.165) is 27.5 Å². The van der Waals surface area contributed by atoms with Crippen molar-refractivity contribution in [1.82, 2.24) is 14.9 Å². The van der Waals surface area contributed by atoms with E-state index in [1.165, 1.54) is 11.8 Å². The number of benzene rings is 2. The summed E-state index contributed by atoms with van der Waals surface area (Å²) in [4.78, 5) is 17.0. The van der Waals surface area contributed by atoms with Gasteiger partial charge in [-0.1, -0.05) is 23.9 Å². The lowest BCUT2D eigenvalue weighted by atomic mass is 10.1. The van der Waals surface area contributed by atoms with E-state index < -0.39 is 0 Å². The van der Waals surface area contributed by atoms with E-state index in [1.54, 1.807) is 14.2 Å². The monoisotopic (exact) mass is 385 g/mol. The minimum absolute atomic E-state index is 0.0653. The average molecular weight is 385 g/mol. The quantitative estimate of drug-likeness (QED) is 0.630. The highest BCUT2D eigenvalue weighted by Crippen LogP contribution is 2.29. The third kappa shape index (κ3) is 4.19. The molecule has 3 rings (SSSR count). The van der Waals surface area contributed by atoms with Crippen molar-refractivity contribution < 1.29 is 14.3 Å². The molecule has 1 N–H and O–H groups in total. The van der Waals surface area contributed by atoms with Gasteiger partial charge < -0.3 is 19.4 Å². The van der Waals surface area contributed by atoms with Gasteiger partial charge in [-0.15, -0.1) is 0 Å². The first kappa shape index (κ1) is 19.1. The second kappa shape index (κ2) is 8.35. The number of aromatic nitrogens is 2. The molecule has 0 aliphatic carbocycles. The van der Waals surface area contributed by atoms with Gasteiger partial charge in [-0.3, -0.25) is 4.79 Å². The summed E-state index contributed by atoms with van der Waals surface area (Å²) >= 11 is 1.42. The summed E-state index contributed by atoms with van der Waals surface area (Å²) in [5.41, 5.74) is 2.85. The minimum Gasteiger partial charge on any atom is -0.497 e. The SMILES string of the molecule is COc1ccc(OC)c(C(C)NC(=O)CSc2nc3ccccc3n2C)c1. The zero-order valence-electron chi connectivity index (χ0n) is 15.9. The number of imidazole rings is 1. The molecule has 1 heterocycles. The number of ether oxygens (including phenoxy) is 2. The Hall–Kier alpha value is -2.67. The first-order valence-corrected chi connectivity index (χ1v) is 9.57. The number of aryl methyl sites for hydroxylation is 1. The zero-order chi connectivity index (χ0) is 19.4. The van der Waals surface area contributed by atoms with E-state index in [2.05, 4.69) is 10.3 Å². The molecular weight excluding hydrogens is 362 g/mol. The van der Waals surface area contributed by atoms with Crippen molar-refractivity contribution in [2.24, 2.45) is 7.05 Å². The molecule has 0 radical (unpaired) electrons. The minimum atomic E-state index is -0.205. The van der Waals surface area contributed by atoms with Crippen molar-refractivity contribution in [3.63, 3.8) is 0 Å². The van der Waals surface area contributed by atoms with Crippen LogP contribution in [-0.4, -0.2) is 35.4 Å². The first-order valence-electron chi connectivity index (χ1n) is 8.59. The normalized spacial score (nSPS) is 12.0. The highest BCUT2D eigenvalue weighted by atomic mass is 32.2. The fraction of sp³-hybridized carbons (Fsp3) is 0.300. The van der Waals surface area contributed by atoms with Gasteiger partial charge in [0.05, 0.1) is 37.0 Å². The van der Waals surface area contributed by atoms with E-state index in [-0.39, 0.29) is 17.7 Å². The summed E-state index contributed by atoms with van der Waals surface area (Å²) in [6, 6.07) is 13.3. The van der Waals surface area contributed by atoms with Crippen LogP contribution in [-0.2, 0) is 11.8 Å².